The van der Waals surface area contributed by atoms with Crippen LogP contribution in [0.5, 0.6) is 0 Å². The quantitative estimate of drug-likeness (QED) is 0.315. The van der Waals surface area contributed by atoms with Crippen LogP contribution in [-0.4, -0.2) is 54.2 Å². The number of nitrogens with zero attached hydrogens (tertiary/aromatic N) is 4. The number of halogens is 1. The number of likely N-dealkylation sites (tertiary alicyclic amines) is 1. The normalized spacial score (nSPS) is 17.3. The van der Waals surface area contributed by atoms with Crippen molar-refractivity contribution in [1.29, 1.82) is 0 Å². The van der Waals surface area contributed by atoms with E-state index in [1.165, 1.54) is 5.56 Å². The molecule has 2 heterocycles. The Morgan fingerprint density at radius 3 is 2.62 bits per heavy atom. The molecule has 10 heteroatoms. The van der Waals surface area contributed by atoms with E-state index in [1.807, 2.05) is 57.8 Å². The summed E-state index contributed by atoms with van der Waals surface area (Å²) >= 11 is 0. The van der Waals surface area contributed by atoms with E-state index in [1.54, 1.807) is 12.1 Å². The lowest BCUT2D eigenvalue weighted by Crippen LogP contribution is -2.41. The van der Waals surface area contributed by atoms with Crippen molar-refractivity contribution in [1.82, 2.24) is 24.7 Å². The second kappa shape index (κ2) is 11.0. The summed E-state index contributed by atoms with van der Waals surface area (Å²) in [6.45, 7) is 10.3. The minimum absolute atomic E-state index is 0. The Bertz CT molecular complexity index is 1030. The van der Waals surface area contributed by atoms with Gasteiger partial charge in [0.05, 0.1) is 17.6 Å². The largest absolute Gasteiger partial charge is 0.357 e. The van der Waals surface area contributed by atoms with Crippen LogP contribution in [0, 0.1) is 0 Å². The zero-order valence-electron chi connectivity index (χ0n) is 19.5. The van der Waals surface area contributed by atoms with E-state index in [-0.39, 0.29) is 35.4 Å². The molecule has 0 saturated carbocycles. The molecular formula is C22H35IN6O2S. The van der Waals surface area contributed by atoms with Crippen molar-refractivity contribution in [3.8, 4) is 0 Å². The highest BCUT2D eigenvalue weighted by Crippen LogP contribution is 2.27. The van der Waals surface area contributed by atoms with Gasteiger partial charge in [0.2, 0.25) is 10.0 Å². The zero-order chi connectivity index (χ0) is 22.6. The van der Waals surface area contributed by atoms with Crippen LogP contribution in [0.2, 0.25) is 0 Å². The van der Waals surface area contributed by atoms with Gasteiger partial charge in [0.15, 0.2) is 5.96 Å². The van der Waals surface area contributed by atoms with Crippen LogP contribution in [0.15, 0.2) is 46.5 Å². The minimum Gasteiger partial charge on any atom is -0.357 e. The fraction of sp³-hybridized carbons (Fsp3) is 0.545. The number of hydrogen-bond donors (Lipinski definition) is 2. The van der Waals surface area contributed by atoms with Crippen molar-refractivity contribution in [2.45, 2.75) is 57.0 Å². The molecule has 1 aliphatic rings. The highest BCUT2D eigenvalue weighted by Gasteiger charge is 2.27. The van der Waals surface area contributed by atoms with Crippen LogP contribution >= 0.6 is 24.0 Å². The molecule has 0 amide bonds. The van der Waals surface area contributed by atoms with Gasteiger partial charge in [-0.25, -0.2) is 18.1 Å². The van der Waals surface area contributed by atoms with Crippen LogP contribution < -0.4 is 10.0 Å². The van der Waals surface area contributed by atoms with E-state index in [9.17, 15) is 8.42 Å². The smallest absolute Gasteiger partial charge is 0.241 e. The van der Waals surface area contributed by atoms with Crippen LogP contribution in [0.4, 0.5) is 0 Å². The Balaban J connectivity index is 0.00000363. The maximum absolute atomic E-state index is 12.9. The lowest BCUT2D eigenvalue weighted by atomic mass is 10.0. The van der Waals surface area contributed by atoms with Gasteiger partial charge in [-0.05, 0) is 51.3 Å². The van der Waals surface area contributed by atoms with E-state index in [4.69, 9.17) is 4.99 Å². The Hall–Kier alpha value is -1.66. The second-order valence-corrected chi connectivity index (χ2v) is 10.7. The molecule has 3 rings (SSSR count). The topological polar surface area (TPSA) is 91.6 Å². The lowest BCUT2D eigenvalue weighted by Gasteiger charge is -2.23. The third-order valence-corrected chi connectivity index (χ3v) is 6.98. The Morgan fingerprint density at radius 1 is 1.28 bits per heavy atom. The molecule has 2 aromatic rings. The van der Waals surface area contributed by atoms with Crippen molar-refractivity contribution in [3.05, 3.63) is 47.8 Å². The molecule has 0 bridgehead atoms. The predicted octanol–water partition coefficient (Wildman–Crippen LogP) is 3.07. The molecule has 2 N–H and O–H groups in total. The number of aromatic nitrogens is 2. The molecule has 1 aliphatic heterocycles. The number of sulfonamides is 1. The average molecular weight is 575 g/mol. The zero-order valence-corrected chi connectivity index (χ0v) is 22.6. The van der Waals surface area contributed by atoms with Gasteiger partial charge in [-0.15, -0.1) is 24.0 Å². The number of benzene rings is 1. The Morgan fingerprint density at radius 2 is 2.00 bits per heavy atom. The van der Waals surface area contributed by atoms with Gasteiger partial charge in [0, 0.05) is 44.3 Å². The average Bonchev–Trinajstić information content (AvgIpc) is 3.32. The molecule has 1 fully saturated rings. The number of rotatable bonds is 6. The molecule has 1 unspecified atom stereocenters. The highest BCUT2D eigenvalue weighted by molar-refractivity contribution is 14.0. The van der Waals surface area contributed by atoms with Crippen LogP contribution in [-0.2, 0) is 23.6 Å². The van der Waals surface area contributed by atoms with E-state index in [0.717, 1.165) is 32.0 Å². The molecular weight excluding hydrogens is 539 g/mol. The van der Waals surface area contributed by atoms with Gasteiger partial charge in [0.25, 0.3) is 0 Å². The summed E-state index contributed by atoms with van der Waals surface area (Å²) < 4.78 is 30.4. The summed E-state index contributed by atoms with van der Waals surface area (Å²) in [5.74, 6) is 1.23. The molecule has 1 aromatic heterocycles. The molecule has 178 valence electrons. The summed E-state index contributed by atoms with van der Waals surface area (Å²) in [6, 6.07) is 7.06. The SMILES string of the molecule is CCNC(=NCc1ccccc1S(=O)(=O)NC(C)(C)C)N1CCC(c2cnn(C)c2)C1.I. The molecule has 8 nitrogen and oxygen atoms in total. The molecule has 0 radical (unpaired) electrons. The van der Waals surface area contributed by atoms with E-state index in [0.29, 0.717) is 11.5 Å². The summed E-state index contributed by atoms with van der Waals surface area (Å²) in [5, 5.41) is 7.65. The van der Waals surface area contributed by atoms with Crippen molar-refractivity contribution < 1.29 is 8.42 Å². The third kappa shape index (κ3) is 6.92. The molecule has 1 saturated heterocycles. The first kappa shape index (κ1) is 26.6. The van der Waals surface area contributed by atoms with Crippen molar-refractivity contribution in [2.75, 3.05) is 19.6 Å². The maximum atomic E-state index is 12.9. The van der Waals surface area contributed by atoms with Gasteiger partial charge in [-0.3, -0.25) is 4.68 Å². The fourth-order valence-electron chi connectivity index (χ4n) is 3.82. The van der Waals surface area contributed by atoms with Gasteiger partial charge in [-0.2, -0.15) is 5.10 Å². The van der Waals surface area contributed by atoms with Crippen molar-refractivity contribution >= 4 is 40.0 Å². The summed E-state index contributed by atoms with van der Waals surface area (Å²) in [4.78, 5) is 7.31. The fourth-order valence-corrected chi connectivity index (χ4v) is 5.47. The lowest BCUT2D eigenvalue weighted by molar-refractivity contribution is 0.485. The summed E-state index contributed by atoms with van der Waals surface area (Å²) in [6.07, 6.45) is 5.04. The minimum atomic E-state index is -3.63. The first-order chi connectivity index (χ1) is 14.6. The van der Waals surface area contributed by atoms with Gasteiger partial charge in [0.1, 0.15) is 0 Å². The molecule has 0 spiro atoms. The van der Waals surface area contributed by atoms with E-state index < -0.39 is 15.6 Å². The second-order valence-electron chi connectivity index (χ2n) is 9.01. The van der Waals surface area contributed by atoms with Crippen LogP contribution in [0.3, 0.4) is 0 Å². The summed E-state index contributed by atoms with van der Waals surface area (Å²) in [5.41, 5.74) is 1.37. The molecule has 32 heavy (non-hydrogen) atoms. The highest BCUT2D eigenvalue weighted by atomic mass is 127. The van der Waals surface area contributed by atoms with Crippen LogP contribution in [0.1, 0.15) is 51.2 Å². The molecule has 1 aromatic carbocycles. The standard InChI is InChI=1S/C22H34N6O2S.HI/c1-6-23-21(28-12-11-18(16-28)19-14-25-27(5)15-19)24-13-17-9-7-8-10-20(17)31(29,30)26-22(2,3)4;/h7-10,14-15,18,26H,6,11-13,16H2,1-5H3,(H,23,24);1H. The third-order valence-electron chi connectivity index (χ3n) is 5.12. The number of guanidine groups is 1. The first-order valence-corrected chi connectivity index (χ1v) is 12.2. The van der Waals surface area contributed by atoms with Gasteiger partial charge < -0.3 is 10.2 Å². The molecule has 1 atom stereocenters. The number of nitrogens with one attached hydrogen (secondary N) is 2. The van der Waals surface area contributed by atoms with E-state index >= 15 is 0 Å². The molecule has 0 aliphatic carbocycles. The summed E-state index contributed by atoms with van der Waals surface area (Å²) in [7, 11) is -1.70. The number of aliphatic imine (C=N–C) groups is 1. The van der Waals surface area contributed by atoms with Crippen molar-refractivity contribution in [3.63, 3.8) is 0 Å². The number of hydrogen-bond acceptors (Lipinski definition) is 4. The van der Waals surface area contributed by atoms with E-state index in [2.05, 4.69) is 26.2 Å². The predicted molar refractivity (Wildman–Crippen MR) is 139 cm³/mol. The first-order valence-electron chi connectivity index (χ1n) is 10.7. The van der Waals surface area contributed by atoms with Crippen LogP contribution in [0.25, 0.3) is 0 Å². The number of aryl methyl sites for hydroxylation is 1. The van der Waals surface area contributed by atoms with Crippen molar-refractivity contribution in [2.24, 2.45) is 12.0 Å². The monoisotopic (exact) mass is 574 g/mol. The maximum Gasteiger partial charge on any atom is 0.241 e. The Labute approximate surface area is 208 Å². The van der Waals surface area contributed by atoms with Gasteiger partial charge in [-0.1, -0.05) is 18.2 Å². The Kier molecular flexibility index (Phi) is 9.12. The van der Waals surface area contributed by atoms with Gasteiger partial charge >= 0.3 is 0 Å².